The summed E-state index contributed by atoms with van der Waals surface area (Å²) in [5.74, 6) is 0.358. The molecule has 0 saturated heterocycles. The van der Waals surface area contributed by atoms with Crippen LogP contribution in [-0.4, -0.2) is 22.6 Å². The van der Waals surface area contributed by atoms with Gasteiger partial charge in [0.25, 0.3) is 0 Å². The first-order valence-electron chi connectivity index (χ1n) is 6.16. The van der Waals surface area contributed by atoms with Crippen LogP contribution in [0.4, 0.5) is 0 Å². The summed E-state index contributed by atoms with van der Waals surface area (Å²) in [6.07, 6.45) is 0. The second kappa shape index (κ2) is 6.71. The highest BCUT2D eigenvalue weighted by Crippen LogP contribution is 2.36. The van der Waals surface area contributed by atoms with Crippen molar-refractivity contribution in [1.29, 1.82) is 0 Å². The Kier molecular flexibility index (Phi) is 5.48. The van der Waals surface area contributed by atoms with Gasteiger partial charge in [0.15, 0.2) is 0 Å². The van der Waals surface area contributed by atoms with Crippen molar-refractivity contribution >= 4 is 10.4 Å². The Morgan fingerprint density at radius 1 is 0.857 bits per heavy atom. The van der Waals surface area contributed by atoms with E-state index in [2.05, 4.69) is 26.0 Å². The van der Waals surface area contributed by atoms with Crippen LogP contribution in [0.3, 0.4) is 0 Å². The molecule has 2 aromatic carbocycles. The van der Waals surface area contributed by atoms with Crippen molar-refractivity contribution in [3.05, 3.63) is 65.7 Å². The van der Waals surface area contributed by atoms with Gasteiger partial charge in [-0.15, -0.1) is 0 Å². The van der Waals surface area contributed by atoms with Gasteiger partial charge in [-0.1, -0.05) is 62.4 Å². The molecule has 0 aliphatic heterocycles. The van der Waals surface area contributed by atoms with Crippen LogP contribution in [-0.2, 0) is 15.8 Å². The number of phenolic OH excluding ortho intramolecular Hbond substituents is 1. The molecule has 3 N–H and O–H groups in total. The van der Waals surface area contributed by atoms with E-state index >= 15 is 0 Å². The smallest absolute Gasteiger partial charge is 0.394 e. The van der Waals surface area contributed by atoms with Gasteiger partial charge in [0, 0.05) is 11.0 Å². The molecular weight excluding hydrogens is 292 g/mol. The van der Waals surface area contributed by atoms with Crippen LogP contribution >= 0.6 is 0 Å². The normalized spacial score (nSPS) is 11.4. The molecule has 0 bridgehead atoms. The Bertz CT molecular complexity index is 670. The standard InChI is InChI=1S/C15H16O.H2O4S/c1-15(2,12-8-4-3-5-9-12)13-10-6-7-11-14(13)16;1-5(2,3)4/h3-11,16H,1-2H3;(H2,1,2,3,4). The van der Waals surface area contributed by atoms with Crippen molar-refractivity contribution in [2.45, 2.75) is 19.3 Å². The molecule has 0 atom stereocenters. The lowest BCUT2D eigenvalue weighted by atomic mass is 9.78. The van der Waals surface area contributed by atoms with Gasteiger partial charge in [-0.05, 0) is 11.6 Å². The molecule has 0 aliphatic carbocycles. The third-order valence-corrected chi connectivity index (χ3v) is 3.07. The van der Waals surface area contributed by atoms with Crippen molar-refractivity contribution in [3.63, 3.8) is 0 Å². The van der Waals surface area contributed by atoms with Crippen LogP contribution in [0.25, 0.3) is 0 Å². The predicted molar refractivity (Wildman–Crippen MR) is 80.9 cm³/mol. The van der Waals surface area contributed by atoms with Gasteiger partial charge >= 0.3 is 10.4 Å². The Morgan fingerprint density at radius 2 is 1.29 bits per heavy atom. The number of benzene rings is 2. The quantitative estimate of drug-likeness (QED) is 0.741. The van der Waals surface area contributed by atoms with Gasteiger partial charge < -0.3 is 5.11 Å². The highest BCUT2D eigenvalue weighted by molar-refractivity contribution is 7.79. The van der Waals surface area contributed by atoms with Crippen molar-refractivity contribution < 1.29 is 22.6 Å². The van der Waals surface area contributed by atoms with E-state index in [0.29, 0.717) is 5.75 Å². The molecule has 0 heterocycles. The van der Waals surface area contributed by atoms with E-state index in [0.717, 1.165) is 5.56 Å². The molecule has 0 amide bonds. The van der Waals surface area contributed by atoms with E-state index in [4.69, 9.17) is 17.5 Å². The maximum Gasteiger partial charge on any atom is 0.394 e. The highest BCUT2D eigenvalue weighted by Gasteiger charge is 2.25. The minimum atomic E-state index is -4.67. The second-order valence-electron chi connectivity index (χ2n) is 4.96. The monoisotopic (exact) mass is 310 g/mol. The zero-order chi connectivity index (χ0) is 16.1. The number of hydrogen-bond acceptors (Lipinski definition) is 3. The number of hydrogen-bond donors (Lipinski definition) is 3. The van der Waals surface area contributed by atoms with Crippen molar-refractivity contribution in [1.82, 2.24) is 0 Å². The Morgan fingerprint density at radius 3 is 1.76 bits per heavy atom. The van der Waals surface area contributed by atoms with Gasteiger partial charge in [-0.25, -0.2) is 0 Å². The second-order valence-corrected chi connectivity index (χ2v) is 5.85. The minimum Gasteiger partial charge on any atom is -0.508 e. The maximum absolute atomic E-state index is 9.91. The molecule has 5 nitrogen and oxygen atoms in total. The van der Waals surface area contributed by atoms with Crippen LogP contribution in [0.2, 0.25) is 0 Å². The van der Waals surface area contributed by atoms with Crippen molar-refractivity contribution in [3.8, 4) is 5.75 Å². The molecule has 114 valence electrons. The fraction of sp³-hybridized carbons (Fsp3) is 0.200. The molecule has 0 spiro atoms. The van der Waals surface area contributed by atoms with Crippen molar-refractivity contribution in [2.75, 3.05) is 0 Å². The van der Waals surface area contributed by atoms with Crippen LogP contribution in [0, 0.1) is 0 Å². The molecule has 0 aromatic heterocycles. The molecule has 0 saturated carbocycles. The Labute approximate surface area is 124 Å². The molecule has 2 aromatic rings. The lowest BCUT2D eigenvalue weighted by molar-refractivity contribution is 0.381. The first-order chi connectivity index (χ1) is 9.62. The summed E-state index contributed by atoms with van der Waals surface area (Å²) in [5, 5.41) is 9.91. The van der Waals surface area contributed by atoms with E-state index in [1.54, 1.807) is 6.07 Å². The summed E-state index contributed by atoms with van der Waals surface area (Å²) in [5.41, 5.74) is 1.99. The van der Waals surface area contributed by atoms with Gasteiger partial charge in [0.05, 0.1) is 0 Å². The molecular formula is C15H18O5S. The summed E-state index contributed by atoms with van der Waals surface area (Å²) in [7, 11) is -4.67. The van der Waals surface area contributed by atoms with Crippen LogP contribution in [0.1, 0.15) is 25.0 Å². The van der Waals surface area contributed by atoms with Gasteiger partial charge in [0.2, 0.25) is 0 Å². The zero-order valence-electron chi connectivity index (χ0n) is 11.8. The Balaban J connectivity index is 0.000000383. The summed E-state index contributed by atoms with van der Waals surface area (Å²) < 4.78 is 31.6. The number of para-hydroxylation sites is 1. The summed E-state index contributed by atoms with van der Waals surface area (Å²) in [6, 6.07) is 17.7. The van der Waals surface area contributed by atoms with Crippen LogP contribution < -0.4 is 0 Å². The first-order valence-corrected chi connectivity index (χ1v) is 7.56. The van der Waals surface area contributed by atoms with Crippen LogP contribution in [0.5, 0.6) is 5.75 Å². The molecule has 0 aliphatic rings. The molecule has 0 fully saturated rings. The molecule has 21 heavy (non-hydrogen) atoms. The average molecular weight is 310 g/mol. The van der Waals surface area contributed by atoms with Gasteiger partial charge in [-0.2, -0.15) is 8.42 Å². The SMILES string of the molecule is CC(C)(c1ccccc1)c1ccccc1O.O=S(=O)(O)O. The van der Waals surface area contributed by atoms with Gasteiger partial charge in [-0.3, -0.25) is 9.11 Å². The average Bonchev–Trinajstić information content (AvgIpc) is 2.38. The summed E-state index contributed by atoms with van der Waals surface area (Å²) in [4.78, 5) is 0. The molecule has 6 heteroatoms. The number of phenols is 1. The fourth-order valence-electron chi connectivity index (χ4n) is 2.01. The number of rotatable bonds is 2. The third kappa shape index (κ3) is 5.55. The molecule has 2 rings (SSSR count). The van der Waals surface area contributed by atoms with E-state index < -0.39 is 10.4 Å². The molecule has 0 unspecified atom stereocenters. The fourth-order valence-corrected chi connectivity index (χ4v) is 2.01. The Hall–Kier alpha value is -1.89. The van der Waals surface area contributed by atoms with E-state index in [1.165, 1.54) is 5.56 Å². The lowest BCUT2D eigenvalue weighted by Gasteiger charge is -2.26. The van der Waals surface area contributed by atoms with Crippen LogP contribution in [0.15, 0.2) is 54.6 Å². The zero-order valence-corrected chi connectivity index (χ0v) is 12.6. The first kappa shape index (κ1) is 17.2. The summed E-state index contributed by atoms with van der Waals surface area (Å²) >= 11 is 0. The predicted octanol–water partition coefficient (Wildman–Crippen LogP) is 3.07. The van der Waals surface area contributed by atoms with E-state index in [9.17, 15) is 5.11 Å². The minimum absolute atomic E-state index is 0.174. The number of aromatic hydroxyl groups is 1. The van der Waals surface area contributed by atoms with E-state index in [1.807, 2.05) is 36.4 Å². The largest absolute Gasteiger partial charge is 0.508 e. The third-order valence-electron chi connectivity index (χ3n) is 3.07. The molecule has 0 radical (unpaired) electrons. The van der Waals surface area contributed by atoms with Crippen molar-refractivity contribution in [2.24, 2.45) is 0 Å². The maximum atomic E-state index is 9.91. The highest BCUT2D eigenvalue weighted by atomic mass is 32.3. The van der Waals surface area contributed by atoms with E-state index in [-0.39, 0.29) is 5.41 Å². The topological polar surface area (TPSA) is 94.8 Å². The van der Waals surface area contributed by atoms with Gasteiger partial charge in [0.1, 0.15) is 5.75 Å². The lowest BCUT2D eigenvalue weighted by Crippen LogP contribution is -2.18. The summed E-state index contributed by atoms with van der Waals surface area (Å²) in [6.45, 7) is 4.24.